The van der Waals surface area contributed by atoms with Crippen LogP contribution in [-0.2, 0) is 4.79 Å². The van der Waals surface area contributed by atoms with Crippen molar-refractivity contribution in [3.05, 3.63) is 35.8 Å². The Kier molecular flexibility index (Phi) is 4.63. The van der Waals surface area contributed by atoms with Crippen molar-refractivity contribution in [2.75, 3.05) is 10.6 Å². The summed E-state index contributed by atoms with van der Waals surface area (Å²) in [5, 5.41) is 36.4. The molecule has 0 saturated carbocycles. The van der Waals surface area contributed by atoms with E-state index in [1.54, 1.807) is 0 Å². The molecule has 10 nitrogen and oxygen atoms in total. The Morgan fingerprint density at radius 1 is 1.43 bits per heavy atom. The first-order valence-electron chi connectivity index (χ1n) is 6.27. The maximum atomic E-state index is 11.3. The average molecular weight is 313 g/mol. The number of rotatable bonds is 5. The van der Waals surface area contributed by atoms with Gasteiger partial charge in [0.15, 0.2) is 0 Å². The number of nitrogens with one attached hydrogen (secondary N) is 3. The Bertz CT molecular complexity index is 805. The first kappa shape index (κ1) is 15.6. The van der Waals surface area contributed by atoms with E-state index in [-0.39, 0.29) is 28.6 Å². The number of benzene rings is 1. The molecule has 1 aromatic carbocycles. The molecule has 0 fully saturated rings. The molecule has 0 radical (unpaired) electrons. The van der Waals surface area contributed by atoms with E-state index < -0.39 is 5.97 Å². The van der Waals surface area contributed by atoms with E-state index in [1.807, 2.05) is 6.07 Å². The highest BCUT2D eigenvalue weighted by atomic mass is 16.4. The number of nitriles is 1. The molecular weight excluding hydrogens is 302 g/mol. The lowest BCUT2D eigenvalue weighted by Gasteiger charge is -2.09. The second kappa shape index (κ2) is 6.81. The third-order valence-electron chi connectivity index (χ3n) is 2.65. The number of carboxylic acids is 1. The molecule has 1 amide bonds. The fraction of sp³-hybridized carbons (Fsp3) is 0.0769. The first-order chi connectivity index (χ1) is 11.0. The van der Waals surface area contributed by atoms with Crippen molar-refractivity contribution in [1.29, 1.82) is 5.26 Å². The van der Waals surface area contributed by atoms with Crippen LogP contribution in [0.5, 0.6) is 0 Å². The second-order valence-corrected chi connectivity index (χ2v) is 4.30. The first-order valence-corrected chi connectivity index (χ1v) is 6.27. The predicted octanol–water partition coefficient (Wildman–Crippen LogP) is 0.833. The van der Waals surface area contributed by atoms with Crippen molar-refractivity contribution in [1.82, 2.24) is 20.6 Å². The summed E-state index contributed by atoms with van der Waals surface area (Å²) in [5.41, 5.74) is 0.588. The number of H-pyrrole nitrogens is 1. The van der Waals surface area contributed by atoms with Crippen LogP contribution >= 0.6 is 0 Å². The molecule has 23 heavy (non-hydrogen) atoms. The molecule has 0 aliphatic rings. The molecule has 1 heterocycles. The van der Waals surface area contributed by atoms with Crippen molar-refractivity contribution >= 4 is 28.8 Å². The Hall–Kier alpha value is -3.74. The number of carbonyl (C=O) groups is 2. The number of aromatic carboxylic acids is 1. The standard InChI is InChI=1S/C13H11N7O3/c1-7(21)16-9-2-3-11(10(4-9)13(22)23)15-6-8(5-14)12-17-19-20-18-12/h2-4,6,15H,1H3,(H,16,21)(H,22,23)(H,17,18,19,20). The Morgan fingerprint density at radius 3 is 2.78 bits per heavy atom. The minimum atomic E-state index is -1.19. The van der Waals surface area contributed by atoms with Gasteiger partial charge in [-0.15, -0.1) is 10.2 Å². The summed E-state index contributed by atoms with van der Waals surface area (Å²) in [6.07, 6.45) is 1.27. The van der Waals surface area contributed by atoms with Crippen LogP contribution in [-0.4, -0.2) is 37.6 Å². The van der Waals surface area contributed by atoms with Gasteiger partial charge in [-0.05, 0) is 23.4 Å². The molecule has 0 saturated heterocycles. The molecule has 0 atom stereocenters. The zero-order valence-electron chi connectivity index (χ0n) is 11.9. The van der Waals surface area contributed by atoms with E-state index in [4.69, 9.17) is 5.26 Å². The summed E-state index contributed by atoms with van der Waals surface area (Å²) >= 11 is 0. The minimum Gasteiger partial charge on any atom is -0.478 e. The number of hydrogen-bond donors (Lipinski definition) is 4. The maximum Gasteiger partial charge on any atom is 0.337 e. The molecule has 0 unspecified atom stereocenters. The van der Waals surface area contributed by atoms with Crippen LogP contribution in [0.25, 0.3) is 5.57 Å². The Balaban J connectivity index is 2.30. The lowest BCUT2D eigenvalue weighted by molar-refractivity contribution is -0.114. The SMILES string of the molecule is CC(=O)Nc1ccc(NC=C(C#N)c2nn[nH]n2)c(C(=O)O)c1. The van der Waals surface area contributed by atoms with E-state index in [9.17, 15) is 14.7 Å². The molecule has 10 heteroatoms. The summed E-state index contributed by atoms with van der Waals surface area (Å²) < 4.78 is 0. The van der Waals surface area contributed by atoms with E-state index in [2.05, 4.69) is 31.3 Å². The number of carboxylic acid groups (broad SMARTS) is 1. The van der Waals surface area contributed by atoms with Gasteiger partial charge in [0.05, 0.1) is 11.3 Å². The quantitative estimate of drug-likeness (QED) is 0.591. The van der Waals surface area contributed by atoms with Gasteiger partial charge in [0.1, 0.15) is 11.6 Å². The number of anilines is 2. The van der Waals surface area contributed by atoms with Gasteiger partial charge >= 0.3 is 5.97 Å². The molecule has 4 N–H and O–H groups in total. The van der Waals surface area contributed by atoms with E-state index in [0.717, 1.165) is 0 Å². The molecular formula is C13H11N7O3. The molecule has 0 bridgehead atoms. The lowest BCUT2D eigenvalue weighted by Crippen LogP contribution is -2.08. The van der Waals surface area contributed by atoms with Crippen molar-refractivity contribution in [2.24, 2.45) is 0 Å². The monoisotopic (exact) mass is 313 g/mol. The number of aromatic nitrogens is 4. The highest BCUT2D eigenvalue weighted by molar-refractivity contribution is 5.98. The fourth-order valence-electron chi connectivity index (χ4n) is 1.70. The molecule has 0 spiro atoms. The maximum absolute atomic E-state index is 11.3. The number of tetrazole rings is 1. The zero-order valence-corrected chi connectivity index (χ0v) is 11.9. The van der Waals surface area contributed by atoms with Crippen molar-refractivity contribution < 1.29 is 14.7 Å². The molecule has 1 aromatic heterocycles. The van der Waals surface area contributed by atoms with Gasteiger partial charge in [0, 0.05) is 18.8 Å². The summed E-state index contributed by atoms with van der Waals surface area (Å²) in [7, 11) is 0. The number of allylic oxidation sites excluding steroid dienone is 1. The van der Waals surface area contributed by atoms with Crippen molar-refractivity contribution in [2.45, 2.75) is 6.92 Å². The van der Waals surface area contributed by atoms with Gasteiger partial charge in [-0.1, -0.05) is 0 Å². The van der Waals surface area contributed by atoms with Gasteiger partial charge in [-0.3, -0.25) is 4.79 Å². The van der Waals surface area contributed by atoms with Gasteiger partial charge in [-0.25, -0.2) is 4.79 Å². The predicted molar refractivity (Wildman–Crippen MR) is 79.1 cm³/mol. The van der Waals surface area contributed by atoms with Crippen molar-refractivity contribution in [3.63, 3.8) is 0 Å². The van der Waals surface area contributed by atoms with Gasteiger partial charge in [0.2, 0.25) is 11.7 Å². The van der Waals surface area contributed by atoms with Crippen LogP contribution in [0.4, 0.5) is 11.4 Å². The number of amides is 1. The Morgan fingerprint density at radius 2 is 2.22 bits per heavy atom. The van der Waals surface area contributed by atoms with Crippen LogP contribution in [0.1, 0.15) is 23.1 Å². The molecule has 2 rings (SSSR count). The van der Waals surface area contributed by atoms with Gasteiger partial charge < -0.3 is 15.7 Å². The topological polar surface area (TPSA) is 157 Å². The fourth-order valence-corrected chi connectivity index (χ4v) is 1.70. The summed E-state index contributed by atoms with van der Waals surface area (Å²) in [6, 6.07) is 6.18. The van der Waals surface area contributed by atoms with Gasteiger partial charge in [0.25, 0.3) is 0 Å². The third kappa shape index (κ3) is 3.88. The number of nitrogens with zero attached hydrogens (tertiary/aromatic N) is 4. The van der Waals surface area contributed by atoms with Gasteiger partial charge in [-0.2, -0.15) is 10.5 Å². The molecule has 0 aliphatic carbocycles. The normalized spacial score (nSPS) is 10.7. The smallest absolute Gasteiger partial charge is 0.337 e. The largest absolute Gasteiger partial charge is 0.478 e. The van der Waals surface area contributed by atoms with Crippen molar-refractivity contribution in [3.8, 4) is 6.07 Å². The summed E-state index contributed by atoms with van der Waals surface area (Å²) in [6.45, 7) is 1.32. The van der Waals surface area contributed by atoms with Crippen LogP contribution in [0.2, 0.25) is 0 Å². The molecule has 0 aliphatic heterocycles. The average Bonchev–Trinajstić information content (AvgIpc) is 3.02. The Labute approximate surface area is 129 Å². The molecule has 2 aromatic rings. The zero-order chi connectivity index (χ0) is 16.8. The number of hydrogen-bond acceptors (Lipinski definition) is 7. The number of carbonyl (C=O) groups excluding carboxylic acids is 1. The molecule has 116 valence electrons. The summed E-state index contributed by atoms with van der Waals surface area (Å²) in [5.74, 6) is -1.43. The van der Waals surface area contributed by atoms with Crippen LogP contribution < -0.4 is 10.6 Å². The minimum absolute atomic E-state index is 0.0704. The number of aromatic amines is 1. The van der Waals surface area contributed by atoms with E-state index in [1.165, 1.54) is 31.3 Å². The van der Waals surface area contributed by atoms with E-state index in [0.29, 0.717) is 5.69 Å². The summed E-state index contributed by atoms with van der Waals surface area (Å²) in [4.78, 5) is 22.3. The van der Waals surface area contributed by atoms with Crippen LogP contribution in [0, 0.1) is 11.3 Å². The highest BCUT2D eigenvalue weighted by Gasteiger charge is 2.12. The lowest BCUT2D eigenvalue weighted by atomic mass is 10.1. The third-order valence-corrected chi connectivity index (χ3v) is 2.65. The van der Waals surface area contributed by atoms with Crippen LogP contribution in [0.3, 0.4) is 0 Å². The second-order valence-electron chi connectivity index (χ2n) is 4.30. The highest BCUT2D eigenvalue weighted by Crippen LogP contribution is 2.21. The van der Waals surface area contributed by atoms with E-state index >= 15 is 0 Å². The van der Waals surface area contributed by atoms with Crippen LogP contribution in [0.15, 0.2) is 24.4 Å².